The summed E-state index contributed by atoms with van der Waals surface area (Å²) in [6, 6.07) is 0. The average molecular weight is 603 g/mol. The van der Waals surface area contributed by atoms with Gasteiger partial charge >= 0.3 is 0 Å². The van der Waals surface area contributed by atoms with Crippen LogP contribution in [0.4, 0.5) is 0 Å². The Morgan fingerprint density at radius 1 is 0.690 bits per heavy atom. The standard InChI is InChI=1S/C31H54O11/c1-23(34)22(37-18-14-9-8-11-15-21-16-12-10-13-17-21)38-31(20-33)28(6,26(23,4)40-31)39-29(7)24(2,35)27(5)25(3,36)30(19-32,41-27)42-29/h21-22,32-36H,8-20H2,1-7H3/t22-,23?,24?,25+,26?,27?,28+,29+,30?,31?/m1/s1. The summed E-state index contributed by atoms with van der Waals surface area (Å²) < 4.78 is 36.8. The maximum atomic E-state index is 11.8. The summed E-state index contributed by atoms with van der Waals surface area (Å²) in [6.07, 6.45) is 11.2. The molecule has 0 spiro atoms. The fraction of sp³-hybridized carbons (Fsp3) is 1.00. The fourth-order valence-corrected chi connectivity index (χ4v) is 8.34. The van der Waals surface area contributed by atoms with Gasteiger partial charge in [0.15, 0.2) is 11.9 Å². The Morgan fingerprint density at radius 2 is 1.29 bits per heavy atom. The highest BCUT2D eigenvalue weighted by Crippen LogP contribution is 2.69. The lowest BCUT2D eigenvalue weighted by molar-refractivity contribution is -0.645. The molecule has 7 fully saturated rings. The molecule has 6 heterocycles. The summed E-state index contributed by atoms with van der Waals surface area (Å²) in [5.74, 6) is -4.65. The van der Waals surface area contributed by atoms with Gasteiger partial charge in [-0.1, -0.05) is 57.8 Å². The second-order valence-corrected chi connectivity index (χ2v) is 14.6. The van der Waals surface area contributed by atoms with E-state index in [0.29, 0.717) is 6.61 Å². The summed E-state index contributed by atoms with van der Waals surface area (Å²) in [5, 5.41) is 55.5. The lowest BCUT2D eigenvalue weighted by atomic mass is 9.57. The smallest absolute Gasteiger partial charge is 0.227 e. The summed E-state index contributed by atoms with van der Waals surface area (Å²) in [4.78, 5) is 0. The molecule has 244 valence electrons. The molecule has 0 aromatic rings. The first-order chi connectivity index (χ1) is 19.4. The lowest BCUT2D eigenvalue weighted by Gasteiger charge is -2.79. The molecular formula is C31H54O11. The zero-order chi connectivity index (χ0) is 31.1. The minimum absolute atomic E-state index is 0.374. The van der Waals surface area contributed by atoms with Crippen LogP contribution < -0.4 is 0 Å². The van der Waals surface area contributed by atoms with Gasteiger partial charge < -0.3 is 54.0 Å². The Bertz CT molecular complexity index is 1010. The van der Waals surface area contributed by atoms with Crippen LogP contribution in [0.1, 0.15) is 113 Å². The molecule has 11 heteroatoms. The van der Waals surface area contributed by atoms with Gasteiger partial charge in [-0.15, -0.1) is 0 Å². The molecule has 10 atom stereocenters. The van der Waals surface area contributed by atoms with Crippen LogP contribution in [0.15, 0.2) is 0 Å². The minimum Gasteiger partial charge on any atom is -0.391 e. The summed E-state index contributed by atoms with van der Waals surface area (Å²) >= 11 is 0. The maximum Gasteiger partial charge on any atom is 0.227 e. The molecule has 6 aliphatic heterocycles. The van der Waals surface area contributed by atoms with Crippen LogP contribution in [0.5, 0.6) is 0 Å². The molecule has 4 bridgehead atoms. The molecule has 5 N–H and O–H groups in total. The van der Waals surface area contributed by atoms with E-state index < -0.39 is 70.5 Å². The minimum atomic E-state index is -1.97. The van der Waals surface area contributed by atoms with E-state index in [1.54, 1.807) is 13.8 Å². The van der Waals surface area contributed by atoms with Crippen LogP contribution in [-0.4, -0.2) is 103 Å². The number of aliphatic hydroxyl groups is 5. The van der Waals surface area contributed by atoms with E-state index in [-0.39, 0.29) is 0 Å². The van der Waals surface area contributed by atoms with Crippen molar-refractivity contribution in [3.63, 3.8) is 0 Å². The van der Waals surface area contributed by atoms with E-state index in [4.69, 9.17) is 28.4 Å². The first-order valence-electron chi connectivity index (χ1n) is 15.9. The highest BCUT2D eigenvalue weighted by molar-refractivity contribution is 5.31. The number of hydrogen-bond donors (Lipinski definition) is 5. The molecule has 42 heavy (non-hydrogen) atoms. The molecule has 1 saturated carbocycles. The molecule has 0 amide bonds. The number of fused-ring (bicyclic) bond motifs is 4. The van der Waals surface area contributed by atoms with E-state index in [0.717, 1.165) is 25.2 Å². The third kappa shape index (κ3) is 3.98. The fourth-order valence-electron chi connectivity index (χ4n) is 8.34. The number of aliphatic hydroxyl groups excluding tert-OH is 2. The average Bonchev–Trinajstić information content (AvgIpc) is 2.93. The second kappa shape index (κ2) is 10.3. The Balaban J connectivity index is 1.26. The van der Waals surface area contributed by atoms with Gasteiger partial charge in [-0.2, -0.15) is 0 Å². The number of hydrogen-bond acceptors (Lipinski definition) is 11. The van der Waals surface area contributed by atoms with Crippen molar-refractivity contribution < 1.29 is 54.0 Å². The molecule has 1 aliphatic carbocycles. The van der Waals surface area contributed by atoms with Crippen LogP contribution >= 0.6 is 0 Å². The zero-order valence-electron chi connectivity index (χ0n) is 26.5. The number of unbranched alkanes of at least 4 members (excludes halogenated alkanes) is 3. The van der Waals surface area contributed by atoms with Gasteiger partial charge in [0.2, 0.25) is 17.4 Å². The third-order valence-corrected chi connectivity index (χ3v) is 12.3. The van der Waals surface area contributed by atoms with Crippen molar-refractivity contribution in [2.45, 2.75) is 170 Å². The lowest BCUT2D eigenvalue weighted by Crippen LogP contribution is -2.99. The molecule has 6 unspecified atom stereocenters. The van der Waals surface area contributed by atoms with Gasteiger partial charge in [0.25, 0.3) is 0 Å². The molecule has 11 nitrogen and oxygen atoms in total. The largest absolute Gasteiger partial charge is 0.391 e. The Morgan fingerprint density at radius 3 is 1.88 bits per heavy atom. The van der Waals surface area contributed by atoms with Gasteiger partial charge in [0.05, 0.1) is 0 Å². The first-order valence-corrected chi connectivity index (χ1v) is 15.9. The first kappa shape index (κ1) is 32.9. The molecular weight excluding hydrogens is 548 g/mol. The summed E-state index contributed by atoms with van der Waals surface area (Å²) in [5.41, 5.74) is -10.1. The summed E-state index contributed by atoms with van der Waals surface area (Å²) in [6.45, 7) is 9.65. The van der Waals surface area contributed by atoms with Gasteiger partial charge in [-0.25, -0.2) is 0 Å². The van der Waals surface area contributed by atoms with E-state index >= 15 is 0 Å². The van der Waals surface area contributed by atoms with E-state index in [2.05, 4.69) is 0 Å². The Labute approximate surface area is 249 Å². The van der Waals surface area contributed by atoms with Crippen LogP contribution in [0.3, 0.4) is 0 Å². The normalized spacial score (nSPS) is 53.9. The predicted molar refractivity (Wildman–Crippen MR) is 150 cm³/mol. The topological polar surface area (TPSA) is 157 Å². The highest BCUT2D eigenvalue weighted by atomic mass is 16.9. The van der Waals surface area contributed by atoms with Crippen LogP contribution in [0.25, 0.3) is 0 Å². The summed E-state index contributed by atoms with van der Waals surface area (Å²) in [7, 11) is 0. The van der Waals surface area contributed by atoms with E-state index in [1.165, 1.54) is 79.6 Å². The second-order valence-electron chi connectivity index (χ2n) is 14.6. The van der Waals surface area contributed by atoms with Gasteiger partial charge in [-0.05, 0) is 60.8 Å². The van der Waals surface area contributed by atoms with Gasteiger partial charge in [0.1, 0.15) is 41.2 Å². The third-order valence-electron chi connectivity index (χ3n) is 12.3. The highest BCUT2D eigenvalue weighted by Gasteiger charge is 2.91. The predicted octanol–water partition coefficient (Wildman–Crippen LogP) is 2.62. The van der Waals surface area contributed by atoms with E-state index in [9.17, 15) is 25.5 Å². The van der Waals surface area contributed by atoms with Gasteiger partial charge in [0, 0.05) is 6.61 Å². The van der Waals surface area contributed by atoms with Crippen molar-refractivity contribution >= 4 is 0 Å². The van der Waals surface area contributed by atoms with Crippen molar-refractivity contribution in [1.29, 1.82) is 0 Å². The molecule has 7 rings (SSSR count). The Kier molecular flexibility index (Phi) is 8.07. The molecule has 0 aromatic heterocycles. The quantitative estimate of drug-likeness (QED) is 0.209. The molecule has 0 radical (unpaired) electrons. The monoisotopic (exact) mass is 602 g/mol. The van der Waals surface area contributed by atoms with Crippen molar-refractivity contribution in [3.05, 3.63) is 0 Å². The molecule has 7 aliphatic rings. The van der Waals surface area contributed by atoms with E-state index in [1.807, 2.05) is 0 Å². The van der Waals surface area contributed by atoms with Crippen molar-refractivity contribution in [1.82, 2.24) is 0 Å². The van der Waals surface area contributed by atoms with Crippen LogP contribution in [0, 0.1) is 5.92 Å². The van der Waals surface area contributed by atoms with Crippen molar-refractivity contribution in [2.24, 2.45) is 5.92 Å². The number of ether oxygens (including phenoxy) is 6. The number of rotatable bonds is 12. The van der Waals surface area contributed by atoms with Crippen LogP contribution in [-0.2, 0) is 28.4 Å². The van der Waals surface area contributed by atoms with Crippen molar-refractivity contribution in [3.8, 4) is 0 Å². The molecule has 6 saturated heterocycles. The Hall–Kier alpha value is -0.440. The maximum absolute atomic E-state index is 11.8. The SMILES string of the molecule is CC1(O)[C@H](OCCCCCCC2CCCCC2)OC2(CO)OC1(C)[C@]2(C)O[C@@]1(C)OC2(CO)OC(C)(C1(C)O)[C@]2(C)O. The van der Waals surface area contributed by atoms with Crippen LogP contribution in [0.2, 0.25) is 0 Å². The zero-order valence-corrected chi connectivity index (χ0v) is 26.5. The van der Waals surface area contributed by atoms with Gasteiger partial charge in [-0.3, -0.25) is 0 Å². The molecule has 0 aromatic carbocycles. The van der Waals surface area contributed by atoms with Crippen molar-refractivity contribution in [2.75, 3.05) is 19.8 Å².